The molecule has 2 N–H and O–H groups in total. The Labute approximate surface area is 157 Å². The summed E-state index contributed by atoms with van der Waals surface area (Å²) in [6.45, 7) is 1.52. The highest BCUT2D eigenvalue weighted by Gasteiger charge is 2.26. The molecule has 0 aliphatic carbocycles. The number of likely N-dealkylation sites (N-methyl/N-ethyl adjacent to an activating group) is 1. The van der Waals surface area contributed by atoms with E-state index >= 15 is 0 Å². The lowest BCUT2D eigenvalue weighted by Gasteiger charge is -2.21. The van der Waals surface area contributed by atoms with E-state index < -0.39 is 35.6 Å². The van der Waals surface area contributed by atoms with Crippen LogP contribution in [0.25, 0.3) is 0 Å². The van der Waals surface area contributed by atoms with Crippen molar-refractivity contribution >= 4 is 27.7 Å². The molecule has 0 spiro atoms. The fourth-order valence-corrected chi connectivity index (χ4v) is 2.43. The number of nitrogens with one attached hydrogen (secondary N) is 2. The van der Waals surface area contributed by atoms with E-state index in [2.05, 4.69) is 26.6 Å². The number of carbonyl (C=O) groups is 2. The Morgan fingerprint density at radius 2 is 1.69 bits per heavy atom. The number of hydrogen-bond acceptors (Lipinski definition) is 3. The van der Waals surface area contributed by atoms with Gasteiger partial charge in [-0.15, -0.1) is 0 Å². The first kappa shape index (κ1) is 19.8. The van der Waals surface area contributed by atoms with Crippen LogP contribution < -0.4 is 15.4 Å². The van der Waals surface area contributed by atoms with E-state index in [1.165, 1.54) is 20.0 Å². The second kappa shape index (κ2) is 8.75. The lowest BCUT2D eigenvalue weighted by molar-refractivity contribution is -0.132. The summed E-state index contributed by atoms with van der Waals surface area (Å²) in [7, 11) is 1.38. The van der Waals surface area contributed by atoms with E-state index in [1.54, 1.807) is 24.3 Å². The third kappa shape index (κ3) is 5.01. The van der Waals surface area contributed by atoms with E-state index in [9.17, 15) is 18.4 Å². The largest absolute Gasteiger partial charge is 0.481 e. The molecule has 2 atom stereocenters. The summed E-state index contributed by atoms with van der Waals surface area (Å²) in [5.41, 5.74) is 0.118. The summed E-state index contributed by atoms with van der Waals surface area (Å²) in [6, 6.07) is 8.70. The summed E-state index contributed by atoms with van der Waals surface area (Å²) in [4.78, 5) is 24.5. The van der Waals surface area contributed by atoms with Crippen molar-refractivity contribution in [2.75, 3.05) is 7.05 Å². The Balaban J connectivity index is 2.13. The highest BCUT2D eigenvalue weighted by molar-refractivity contribution is 9.10. The van der Waals surface area contributed by atoms with Crippen LogP contribution in [0.15, 0.2) is 46.9 Å². The van der Waals surface area contributed by atoms with Gasteiger partial charge in [0.2, 0.25) is 5.91 Å². The van der Waals surface area contributed by atoms with Gasteiger partial charge in [0.15, 0.2) is 17.7 Å². The molecule has 0 saturated heterocycles. The zero-order chi connectivity index (χ0) is 19.3. The normalized spacial score (nSPS) is 12.8. The summed E-state index contributed by atoms with van der Waals surface area (Å²) in [6.07, 6.45) is -0.909. The van der Waals surface area contributed by atoms with Gasteiger partial charge in [-0.05, 0) is 48.9 Å². The molecule has 2 aromatic carbocycles. The van der Waals surface area contributed by atoms with Crippen LogP contribution in [0.3, 0.4) is 0 Å². The van der Waals surface area contributed by atoms with E-state index in [0.29, 0.717) is 5.75 Å². The minimum absolute atomic E-state index is 0.118. The molecule has 0 aliphatic heterocycles. The number of halogens is 3. The third-order valence-corrected chi connectivity index (χ3v) is 4.10. The molecule has 0 saturated carbocycles. The molecule has 0 radical (unpaired) electrons. The second-order valence-corrected chi connectivity index (χ2v) is 6.36. The van der Waals surface area contributed by atoms with Crippen LogP contribution in [0.2, 0.25) is 0 Å². The van der Waals surface area contributed by atoms with Gasteiger partial charge in [0.1, 0.15) is 11.8 Å². The van der Waals surface area contributed by atoms with Crippen molar-refractivity contribution in [1.29, 1.82) is 0 Å². The third-order valence-electron chi connectivity index (χ3n) is 3.57. The van der Waals surface area contributed by atoms with Gasteiger partial charge >= 0.3 is 0 Å². The number of carbonyl (C=O) groups excluding carboxylic acids is 2. The lowest BCUT2D eigenvalue weighted by Crippen LogP contribution is -2.44. The maximum absolute atomic E-state index is 13.5. The molecule has 0 aromatic heterocycles. The van der Waals surface area contributed by atoms with Gasteiger partial charge in [0.05, 0.1) is 0 Å². The molecule has 8 heteroatoms. The van der Waals surface area contributed by atoms with Gasteiger partial charge in [-0.1, -0.05) is 22.0 Å². The lowest BCUT2D eigenvalue weighted by atomic mass is 10.1. The molecule has 138 valence electrons. The summed E-state index contributed by atoms with van der Waals surface area (Å²) in [5, 5.41) is 4.87. The quantitative estimate of drug-likeness (QED) is 0.745. The highest BCUT2D eigenvalue weighted by Crippen LogP contribution is 2.19. The number of benzene rings is 2. The van der Waals surface area contributed by atoms with Crippen molar-refractivity contribution in [3.8, 4) is 5.75 Å². The molecule has 0 bridgehead atoms. The molecule has 2 unspecified atom stereocenters. The Morgan fingerprint density at radius 1 is 1.04 bits per heavy atom. The maximum atomic E-state index is 13.5. The number of ether oxygens (including phenoxy) is 1. The molecule has 2 rings (SSSR count). The van der Waals surface area contributed by atoms with Gasteiger partial charge in [-0.2, -0.15) is 0 Å². The maximum Gasteiger partial charge on any atom is 0.261 e. The Hall–Kier alpha value is -2.48. The average molecular weight is 427 g/mol. The summed E-state index contributed by atoms with van der Waals surface area (Å²) >= 11 is 3.30. The zero-order valence-corrected chi connectivity index (χ0v) is 15.6. The van der Waals surface area contributed by atoms with E-state index in [4.69, 9.17) is 4.74 Å². The number of rotatable bonds is 6. The van der Waals surface area contributed by atoms with E-state index in [1.807, 2.05) is 0 Å². The van der Waals surface area contributed by atoms with Crippen molar-refractivity contribution in [1.82, 2.24) is 10.6 Å². The zero-order valence-electron chi connectivity index (χ0n) is 14.1. The molecule has 0 aliphatic rings. The van der Waals surface area contributed by atoms with Crippen LogP contribution in [-0.4, -0.2) is 25.0 Å². The fraction of sp³-hybridized carbons (Fsp3) is 0.222. The standard InChI is InChI=1S/C18H17BrF2N2O3/c1-10(26-13-6-4-12(19)5-7-13)17(24)23-16(18(25)22-2)11-3-8-14(20)15(21)9-11/h3-10,16H,1-2H3,(H,22,25)(H,23,24). The van der Waals surface area contributed by atoms with Gasteiger partial charge in [-0.25, -0.2) is 8.78 Å². The minimum Gasteiger partial charge on any atom is -0.481 e. The van der Waals surface area contributed by atoms with Crippen LogP contribution in [0, 0.1) is 11.6 Å². The monoisotopic (exact) mass is 426 g/mol. The Morgan fingerprint density at radius 3 is 2.27 bits per heavy atom. The topological polar surface area (TPSA) is 67.4 Å². The van der Waals surface area contributed by atoms with Crippen molar-refractivity contribution in [2.45, 2.75) is 19.1 Å². The second-order valence-electron chi connectivity index (χ2n) is 5.44. The molecular weight excluding hydrogens is 410 g/mol. The van der Waals surface area contributed by atoms with E-state index in [0.717, 1.165) is 16.6 Å². The van der Waals surface area contributed by atoms with E-state index in [-0.39, 0.29) is 5.56 Å². The molecule has 0 heterocycles. The first-order chi connectivity index (χ1) is 12.3. The minimum atomic E-state index is -1.18. The van der Waals surface area contributed by atoms with Gasteiger partial charge in [-0.3, -0.25) is 9.59 Å². The smallest absolute Gasteiger partial charge is 0.261 e. The number of amides is 2. The van der Waals surface area contributed by atoms with Gasteiger partial charge < -0.3 is 15.4 Å². The first-order valence-electron chi connectivity index (χ1n) is 7.71. The summed E-state index contributed by atoms with van der Waals surface area (Å²) < 4.78 is 33.0. The average Bonchev–Trinajstić information content (AvgIpc) is 2.63. The molecule has 5 nitrogen and oxygen atoms in total. The van der Waals surface area contributed by atoms with Crippen LogP contribution in [0.4, 0.5) is 8.78 Å². The Kier molecular flexibility index (Phi) is 6.68. The van der Waals surface area contributed by atoms with Crippen LogP contribution in [-0.2, 0) is 9.59 Å². The highest BCUT2D eigenvalue weighted by atomic mass is 79.9. The van der Waals surface area contributed by atoms with Gasteiger partial charge in [0, 0.05) is 11.5 Å². The molecule has 2 aromatic rings. The SMILES string of the molecule is CNC(=O)C(NC(=O)C(C)Oc1ccc(Br)cc1)c1ccc(F)c(F)c1. The molecule has 0 fully saturated rings. The molecular formula is C18H17BrF2N2O3. The molecule has 2 amide bonds. The van der Waals surface area contributed by atoms with Crippen molar-refractivity contribution < 1.29 is 23.1 Å². The van der Waals surface area contributed by atoms with Crippen molar-refractivity contribution in [3.05, 3.63) is 64.1 Å². The number of hydrogen-bond donors (Lipinski definition) is 2. The fourth-order valence-electron chi connectivity index (χ4n) is 2.17. The van der Waals surface area contributed by atoms with Crippen molar-refractivity contribution in [2.24, 2.45) is 0 Å². The molecule has 26 heavy (non-hydrogen) atoms. The van der Waals surface area contributed by atoms with Crippen LogP contribution in [0.5, 0.6) is 5.75 Å². The Bertz CT molecular complexity index is 800. The predicted octanol–water partition coefficient (Wildman–Crippen LogP) is 3.10. The van der Waals surface area contributed by atoms with Crippen molar-refractivity contribution in [3.63, 3.8) is 0 Å². The van der Waals surface area contributed by atoms with Crippen LogP contribution >= 0.6 is 15.9 Å². The first-order valence-corrected chi connectivity index (χ1v) is 8.50. The van der Waals surface area contributed by atoms with Gasteiger partial charge in [0.25, 0.3) is 5.91 Å². The summed E-state index contributed by atoms with van der Waals surface area (Å²) in [5.74, 6) is -2.82. The van der Waals surface area contributed by atoms with Crippen LogP contribution in [0.1, 0.15) is 18.5 Å². The predicted molar refractivity (Wildman–Crippen MR) is 95.5 cm³/mol.